The van der Waals surface area contributed by atoms with Crippen LogP contribution in [0.5, 0.6) is 0 Å². The van der Waals surface area contributed by atoms with Crippen LogP contribution in [-0.4, -0.2) is 5.75 Å². The van der Waals surface area contributed by atoms with Crippen molar-refractivity contribution in [2.24, 2.45) is 0 Å². The van der Waals surface area contributed by atoms with Crippen molar-refractivity contribution in [2.45, 2.75) is 6.42 Å². The summed E-state index contributed by atoms with van der Waals surface area (Å²) in [5, 5.41) is 0. The highest BCUT2D eigenvalue weighted by Gasteiger charge is 2.02. The Morgan fingerprint density at radius 3 is 2.71 bits per heavy atom. The van der Waals surface area contributed by atoms with E-state index in [1.807, 2.05) is 0 Å². The van der Waals surface area contributed by atoms with Crippen LogP contribution in [0, 0.1) is 17.7 Å². The lowest BCUT2D eigenvalue weighted by atomic mass is 10.1. The zero-order chi connectivity index (χ0) is 10.6. The first-order chi connectivity index (χ1) is 6.65. The number of hydrogen-bond donors (Lipinski definition) is 3. The van der Waals surface area contributed by atoms with Gasteiger partial charge in [0.1, 0.15) is 5.82 Å². The number of anilines is 2. The van der Waals surface area contributed by atoms with Gasteiger partial charge in [-0.1, -0.05) is 11.8 Å². The highest BCUT2D eigenvalue weighted by Crippen LogP contribution is 2.20. The van der Waals surface area contributed by atoms with Gasteiger partial charge in [0.15, 0.2) is 0 Å². The quantitative estimate of drug-likeness (QED) is 0.375. The maximum absolute atomic E-state index is 12.9. The Labute approximate surface area is 87.9 Å². The number of thiol groups is 1. The van der Waals surface area contributed by atoms with Crippen molar-refractivity contribution in [1.29, 1.82) is 0 Å². The van der Waals surface area contributed by atoms with Gasteiger partial charge in [0, 0.05) is 12.2 Å². The highest BCUT2D eigenvalue weighted by molar-refractivity contribution is 7.80. The lowest BCUT2D eigenvalue weighted by Gasteiger charge is -2.02. The molecule has 0 aliphatic carbocycles. The summed E-state index contributed by atoms with van der Waals surface area (Å²) in [6, 6.07) is 2.45. The SMILES string of the molecule is Nc1cc(F)cc(C#CCCS)c1N. The molecule has 1 rings (SSSR count). The predicted octanol–water partition coefficient (Wildman–Crippen LogP) is 1.66. The molecule has 0 spiro atoms. The van der Waals surface area contributed by atoms with Gasteiger partial charge in [-0.25, -0.2) is 4.39 Å². The average Bonchev–Trinajstić information content (AvgIpc) is 2.13. The Kier molecular flexibility index (Phi) is 3.66. The topological polar surface area (TPSA) is 52.0 Å². The van der Waals surface area contributed by atoms with Crippen LogP contribution in [0.25, 0.3) is 0 Å². The van der Waals surface area contributed by atoms with Crippen LogP contribution < -0.4 is 11.5 Å². The third-order valence-corrected chi connectivity index (χ3v) is 1.86. The zero-order valence-corrected chi connectivity index (χ0v) is 8.44. The van der Waals surface area contributed by atoms with E-state index in [2.05, 4.69) is 24.5 Å². The largest absolute Gasteiger partial charge is 0.397 e. The van der Waals surface area contributed by atoms with Crippen molar-refractivity contribution in [3.63, 3.8) is 0 Å². The molecule has 0 amide bonds. The monoisotopic (exact) mass is 210 g/mol. The normalized spacial score (nSPS) is 9.29. The molecule has 1 aromatic rings. The summed E-state index contributed by atoms with van der Waals surface area (Å²) in [5.41, 5.74) is 12.1. The van der Waals surface area contributed by atoms with Crippen LogP contribution in [0.4, 0.5) is 15.8 Å². The molecule has 0 aliphatic rings. The molecule has 74 valence electrons. The fourth-order valence-corrected chi connectivity index (χ4v) is 1.07. The first kappa shape index (κ1) is 10.7. The molecule has 0 aromatic heterocycles. The van der Waals surface area contributed by atoms with Gasteiger partial charge in [-0.2, -0.15) is 12.6 Å². The number of nitrogens with two attached hydrogens (primary N) is 2. The van der Waals surface area contributed by atoms with E-state index in [9.17, 15) is 4.39 Å². The molecule has 0 bridgehead atoms. The van der Waals surface area contributed by atoms with Gasteiger partial charge in [-0.3, -0.25) is 0 Å². The van der Waals surface area contributed by atoms with Gasteiger partial charge >= 0.3 is 0 Å². The van der Waals surface area contributed by atoms with Crippen molar-refractivity contribution in [3.8, 4) is 11.8 Å². The number of hydrogen-bond acceptors (Lipinski definition) is 3. The van der Waals surface area contributed by atoms with Crippen molar-refractivity contribution >= 4 is 24.0 Å². The Bertz CT molecular complexity index is 393. The fraction of sp³-hybridized carbons (Fsp3) is 0.200. The van der Waals surface area contributed by atoms with Crippen LogP contribution in [0.2, 0.25) is 0 Å². The molecular formula is C10H11FN2S. The number of benzene rings is 1. The summed E-state index contributed by atoms with van der Waals surface area (Å²) in [4.78, 5) is 0. The average molecular weight is 210 g/mol. The van der Waals surface area contributed by atoms with Gasteiger partial charge in [0.2, 0.25) is 0 Å². The maximum atomic E-state index is 12.9. The Morgan fingerprint density at radius 2 is 2.07 bits per heavy atom. The summed E-state index contributed by atoms with van der Waals surface area (Å²) in [6.07, 6.45) is 0.638. The molecule has 0 radical (unpaired) electrons. The maximum Gasteiger partial charge on any atom is 0.126 e. The van der Waals surface area contributed by atoms with Crippen molar-refractivity contribution < 1.29 is 4.39 Å². The van der Waals surface area contributed by atoms with Gasteiger partial charge in [-0.05, 0) is 12.1 Å². The van der Waals surface area contributed by atoms with Gasteiger partial charge in [0.05, 0.1) is 16.9 Å². The molecule has 0 aliphatic heterocycles. The molecule has 0 saturated carbocycles. The molecule has 0 fully saturated rings. The first-order valence-electron chi connectivity index (χ1n) is 4.09. The minimum absolute atomic E-state index is 0.222. The molecule has 1 aromatic carbocycles. The molecule has 0 atom stereocenters. The lowest BCUT2D eigenvalue weighted by Crippen LogP contribution is -1.98. The van der Waals surface area contributed by atoms with Crippen LogP contribution >= 0.6 is 12.6 Å². The van der Waals surface area contributed by atoms with E-state index in [0.29, 0.717) is 23.4 Å². The molecule has 0 unspecified atom stereocenters. The van der Waals surface area contributed by atoms with Gasteiger partial charge in [0.25, 0.3) is 0 Å². The highest BCUT2D eigenvalue weighted by atomic mass is 32.1. The second-order valence-corrected chi connectivity index (χ2v) is 3.18. The first-order valence-corrected chi connectivity index (χ1v) is 4.72. The zero-order valence-electron chi connectivity index (χ0n) is 7.55. The Morgan fingerprint density at radius 1 is 1.36 bits per heavy atom. The Balaban J connectivity index is 3.04. The molecular weight excluding hydrogens is 199 g/mol. The molecule has 0 saturated heterocycles. The summed E-state index contributed by atoms with van der Waals surface area (Å²) >= 11 is 4.00. The number of nitrogen functional groups attached to an aromatic ring is 2. The van der Waals surface area contributed by atoms with E-state index >= 15 is 0 Å². The second kappa shape index (κ2) is 4.77. The molecule has 14 heavy (non-hydrogen) atoms. The van der Waals surface area contributed by atoms with E-state index < -0.39 is 5.82 Å². The molecule has 2 nitrogen and oxygen atoms in total. The number of rotatable bonds is 1. The summed E-state index contributed by atoms with van der Waals surface area (Å²) in [7, 11) is 0. The Hall–Kier alpha value is -1.34. The van der Waals surface area contributed by atoms with Crippen LogP contribution in [0.1, 0.15) is 12.0 Å². The van der Waals surface area contributed by atoms with Crippen LogP contribution in [0.15, 0.2) is 12.1 Å². The van der Waals surface area contributed by atoms with Crippen LogP contribution in [-0.2, 0) is 0 Å². The van der Waals surface area contributed by atoms with E-state index in [4.69, 9.17) is 11.5 Å². The third kappa shape index (κ3) is 2.57. The summed E-state index contributed by atoms with van der Waals surface area (Å²) in [6.45, 7) is 0. The standard InChI is InChI=1S/C10H11FN2S/c11-8-5-7(3-1-2-4-14)10(13)9(12)6-8/h5-6,14H,2,4,12-13H2. The fourth-order valence-electron chi connectivity index (χ4n) is 0.956. The third-order valence-electron chi connectivity index (χ3n) is 1.64. The van der Waals surface area contributed by atoms with Crippen molar-refractivity contribution in [3.05, 3.63) is 23.5 Å². The molecule has 4 N–H and O–H groups in total. The van der Waals surface area contributed by atoms with Crippen molar-refractivity contribution in [1.82, 2.24) is 0 Å². The van der Waals surface area contributed by atoms with Gasteiger partial charge < -0.3 is 11.5 Å². The number of halogens is 1. The molecule has 4 heteroatoms. The summed E-state index contributed by atoms with van der Waals surface area (Å²) < 4.78 is 12.9. The second-order valence-electron chi connectivity index (χ2n) is 2.73. The predicted molar refractivity (Wildman–Crippen MR) is 60.6 cm³/mol. The van der Waals surface area contributed by atoms with E-state index in [0.717, 1.165) is 0 Å². The van der Waals surface area contributed by atoms with E-state index in [-0.39, 0.29) is 5.69 Å². The lowest BCUT2D eigenvalue weighted by molar-refractivity contribution is 0.628. The van der Waals surface area contributed by atoms with Crippen LogP contribution in [0.3, 0.4) is 0 Å². The van der Waals surface area contributed by atoms with E-state index in [1.54, 1.807) is 0 Å². The van der Waals surface area contributed by atoms with Crippen molar-refractivity contribution in [2.75, 3.05) is 17.2 Å². The minimum Gasteiger partial charge on any atom is -0.397 e. The smallest absolute Gasteiger partial charge is 0.126 e. The van der Waals surface area contributed by atoms with Gasteiger partial charge in [-0.15, -0.1) is 0 Å². The summed E-state index contributed by atoms with van der Waals surface area (Å²) in [5.74, 6) is 5.81. The van der Waals surface area contributed by atoms with E-state index in [1.165, 1.54) is 12.1 Å². The minimum atomic E-state index is -0.424. The molecule has 0 heterocycles.